The van der Waals surface area contributed by atoms with Crippen molar-refractivity contribution in [1.29, 1.82) is 0 Å². The lowest BCUT2D eigenvalue weighted by molar-refractivity contribution is -0.388. The van der Waals surface area contributed by atoms with E-state index in [4.69, 9.17) is 38.1 Å². The number of aromatic nitrogens is 1. The summed E-state index contributed by atoms with van der Waals surface area (Å²) in [7, 11) is -9.88. The number of nitrogens with one attached hydrogen (secondary N) is 1. The Balaban J connectivity index is 1.27. The highest BCUT2D eigenvalue weighted by atomic mass is 32.2. The zero-order valence-electron chi connectivity index (χ0n) is 51.1. The number of alkyl halides is 3. The fourth-order valence-corrected chi connectivity index (χ4v) is 12.8. The fourth-order valence-electron chi connectivity index (χ4n) is 9.66. The third-order valence-electron chi connectivity index (χ3n) is 13.8. The first kappa shape index (κ1) is 71.5. The standard InChI is InChI=1S/C60H77F3N8O17S2/c1-7-44-42-66(57(72)46-24-23-45(86-8-2)41-48(46)60(61,62)63)29-32-69(44)51-26-25-49(47-17-10-13-20-54(47)87-9-3)65-50(51)43-68(90(80,81)56-22-15-12-19-53(56)71(76)77)31-30-67(89(78,79)55-21-14-11-18-52(55)70(74)75)28-16-33-82-35-37-84-39-40-85-38-36-83-34-27-64-58(73)88-59(4,5)6/h10-15,17-26,41,44H,7-9,16,27-40,42-43H2,1-6H3,(H,64,73)/t44-/m1/s1. The van der Waals surface area contributed by atoms with Crippen LogP contribution in [0, 0.1) is 20.2 Å². The van der Waals surface area contributed by atoms with Crippen LogP contribution >= 0.6 is 0 Å². The van der Waals surface area contributed by atoms with Gasteiger partial charge in [-0.15, -0.1) is 0 Å². The first-order valence-electron chi connectivity index (χ1n) is 29.2. The molecular formula is C60H77F3N8O17S2. The zero-order chi connectivity index (χ0) is 65.7. The van der Waals surface area contributed by atoms with Gasteiger partial charge in [-0.3, -0.25) is 25.0 Å². The number of carbonyl (C=O) groups is 2. The van der Waals surface area contributed by atoms with Crippen LogP contribution in [0.1, 0.15) is 76.0 Å². The number of amides is 2. The predicted molar refractivity (Wildman–Crippen MR) is 325 cm³/mol. The van der Waals surface area contributed by atoms with Crippen molar-refractivity contribution in [3.8, 4) is 22.8 Å². The van der Waals surface area contributed by atoms with Crippen LogP contribution in [-0.2, 0) is 56.5 Å². The Morgan fingerprint density at radius 1 is 0.689 bits per heavy atom. The van der Waals surface area contributed by atoms with Crippen LogP contribution < -0.4 is 19.7 Å². The van der Waals surface area contributed by atoms with Crippen molar-refractivity contribution < 1.29 is 82.6 Å². The molecule has 0 bridgehead atoms. The predicted octanol–water partition coefficient (Wildman–Crippen LogP) is 8.99. The molecule has 1 aliphatic rings. The molecule has 4 aromatic carbocycles. The number of carbonyl (C=O) groups excluding carboxylic acids is 2. The molecule has 2 amide bonds. The number of halogens is 3. The number of piperazine rings is 1. The van der Waals surface area contributed by atoms with Crippen molar-refractivity contribution >= 4 is 49.1 Å². The average molecular weight is 1300 g/mol. The number of pyridine rings is 1. The SMILES string of the molecule is CCOc1ccc(C(=O)N2CCN(c3ccc(-c4ccccc4OCC)nc3CN(CCN(CCCOCCOCCOCCOCCNC(=O)OC(C)(C)C)S(=O)(=O)c3ccccc3[N+](=O)[O-])S(=O)(=O)c3ccccc3[N+](=O)[O-])[C@H](CC)C2)c(C(F)(F)F)c1. The largest absolute Gasteiger partial charge is 0.494 e. The highest BCUT2D eigenvalue weighted by Gasteiger charge is 2.40. The molecule has 6 rings (SSSR count). The molecule has 1 fully saturated rings. The number of anilines is 1. The second kappa shape index (κ2) is 33.5. The molecule has 0 saturated carbocycles. The van der Waals surface area contributed by atoms with Gasteiger partial charge < -0.3 is 48.3 Å². The van der Waals surface area contributed by atoms with E-state index in [0.29, 0.717) is 29.1 Å². The van der Waals surface area contributed by atoms with Crippen molar-refractivity contribution in [1.82, 2.24) is 23.8 Å². The number of hydrogen-bond donors (Lipinski definition) is 1. The van der Waals surface area contributed by atoms with Crippen molar-refractivity contribution in [2.75, 3.05) is 117 Å². The lowest BCUT2D eigenvalue weighted by Crippen LogP contribution is -2.55. The van der Waals surface area contributed by atoms with Crippen LogP contribution in [0.15, 0.2) is 113 Å². The number of rotatable bonds is 35. The second-order valence-corrected chi connectivity index (χ2v) is 25.0. The van der Waals surface area contributed by atoms with Gasteiger partial charge in [0, 0.05) is 76.2 Å². The van der Waals surface area contributed by atoms with E-state index in [0.717, 1.165) is 45.0 Å². The number of benzene rings is 4. The van der Waals surface area contributed by atoms with Gasteiger partial charge in [0.2, 0.25) is 20.0 Å². The lowest BCUT2D eigenvalue weighted by Gasteiger charge is -2.43. The average Bonchev–Trinajstić information content (AvgIpc) is 0.827. The van der Waals surface area contributed by atoms with Gasteiger partial charge in [0.25, 0.3) is 17.3 Å². The van der Waals surface area contributed by atoms with Crippen molar-refractivity contribution in [2.45, 2.75) is 88.5 Å². The highest BCUT2D eigenvalue weighted by molar-refractivity contribution is 7.89. The van der Waals surface area contributed by atoms with Gasteiger partial charge in [0.15, 0.2) is 9.79 Å². The summed E-state index contributed by atoms with van der Waals surface area (Å²) in [5.41, 5.74) is -2.77. The quantitative estimate of drug-likeness (QED) is 0.0225. The molecule has 1 N–H and O–H groups in total. The summed E-state index contributed by atoms with van der Waals surface area (Å²) in [6.07, 6.45) is -5.16. The smallest absolute Gasteiger partial charge is 0.417 e. The third-order valence-corrected chi connectivity index (χ3v) is 17.7. The van der Waals surface area contributed by atoms with Gasteiger partial charge in [-0.25, -0.2) is 26.6 Å². The number of nitrogens with zero attached hydrogens (tertiary/aromatic N) is 7. The molecule has 0 unspecified atom stereocenters. The highest BCUT2D eigenvalue weighted by Crippen LogP contribution is 2.38. The van der Waals surface area contributed by atoms with Crippen LogP contribution in [-0.4, -0.2) is 181 Å². The van der Waals surface area contributed by atoms with E-state index in [1.807, 2.05) is 4.90 Å². The minimum absolute atomic E-state index is 0.00368. The van der Waals surface area contributed by atoms with E-state index in [-0.39, 0.29) is 117 Å². The Morgan fingerprint density at radius 3 is 1.82 bits per heavy atom. The Labute approximate surface area is 521 Å². The number of para-hydroxylation sites is 3. The van der Waals surface area contributed by atoms with Crippen LogP contribution in [0.2, 0.25) is 0 Å². The van der Waals surface area contributed by atoms with Gasteiger partial charge in [0.1, 0.15) is 17.1 Å². The Kier molecular flexibility index (Phi) is 26.6. The molecule has 5 aromatic rings. The van der Waals surface area contributed by atoms with Crippen LogP contribution in [0.3, 0.4) is 0 Å². The summed E-state index contributed by atoms with van der Waals surface area (Å²) < 4.78 is 144. The van der Waals surface area contributed by atoms with E-state index in [1.165, 1.54) is 35.2 Å². The molecule has 1 saturated heterocycles. The first-order valence-corrected chi connectivity index (χ1v) is 32.1. The van der Waals surface area contributed by atoms with Crippen molar-refractivity contribution in [3.05, 3.63) is 140 Å². The molecule has 492 valence electrons. The summed E-state index contributed by atoms with van der Waals surface area (Å²) in [6, 6.07) is 22.0. The molecule has 1 aliphatic heterocycles. The van der Waals surface area contributed by atoms with Gasteiger partial charge in [-0.2, -0.15) is 21.8 Å². The molecular weight excluding hydrogens is 1230 g/mol. The zero-order valence-corrected chi connectivity index (χ0v) is 52.7. The van der Waals surface area contributed by atoms with E-state index in [9.17, 15) is 51.4 Å². The fraction of sp³-hybridized carbons (Fsp3) is 0.483. The van der Waals surface area contributed by atoms with Crippen LogP contribution in [0.5, 0.6) is 11.5 Å². The van der Waals surface area contributed by atoms with E-state index < -0.39 is 112 Å². The third kappa shape index (κ3) is 20.0. The molecule has 0 radical (unpaired) electrons. The summed E-state index contributed by atoms with van der Waals surface area (Å²) in [6.45, 7) is 9.81. The minimum Gasteiger partial charge on any atom is -0.494 e. The number of alkyl carbamates (subject to hydrolysis) is 1. The first-order chi connectivity index (χ1) is 42.8. The molecule has 90 heavy (non-hydrogen) atoms. The second-order valence-electron chi connectivity index (χ2n) is 21.2. The molecule has 2 heterocycles. The maximum absolute atomic E-state index is 15.3. The van der Waals surface area contributed by atoms with Crippen molar-refractivity contribution in [2.24, 2.45) is 0 Å². The summed E-state index contributed by atoms with van der Waals surface area (Å²) in [5, 5.41) is 27.5. The molecule has 0 spiro atoms. The maximum Gasteiger partial charge on any atom is 0.417 e. The Morgan fingerprint density at radius 2 is 1.24 bits per heavy atom. The van der Waals surface area contributed by atoms with Crippen molar-refractivity contribution in [3.63, 3.8) is 0 Å². The summed E-state index contributed by atoms with van der Waals surface area (Å²) >= 11 is 0. The number of nitro benzene ring substituents is 2. The monoisotopic (exact) mass is 1300 g/mol. The minimum atomic E-state index is -5.04. The van der Waals surface area contributed by atoms with Gasteiger partial charge in [0.05, 0.1) is 104 Å². The van der Waals surface area contributed by atoms with E-state index >= 15 is 8.42 Å². The molecule has 30 heteroatoms. The summed E-state index contributed by atoms with van der Waals surface area (Å²) in [5.74, 6) is -0.528. The number of nitro groups is 2. The number of hydrogen-bond acceptors (Lipinski definition) is 19. The normalized spacial score (nSPS) is 14.0. The van der Waals surface area contributed by atoms with E-state index in [2.05, 4.69) is 5.32 Å². The molecule has 25 nitrogen and oxygen atoms in total. The van der Waals surface area contributed by atoms with Crippen LogP contribution in [0.25, 0.3) is 11.3 Å². The molecule has 0 aliphatic carbocycles. The summed E-state index contributed by atoms with van der Waals surface area (Å²) in [4.78, 5) is 55.8. The van der Waals surface area contributed by atoms with E-state index in [1.54, 1.807) is 77.9 Å². The topological polar surface area (TPSA) is 291 Å². The van der Waals surface area contributed by atoms with Crippen LogP contribution in [0.4, 0.5) is 35.0 Å². The lowest BCUT2D eigenvalue weighted by atomic mass is 10.0. The number of ether oxygens (including phenoxy) is 7. The Bertz CT molecular complexity index is 3450. The molecule has 1 atom stereocenters. The van der Waals surface area contributed by atoms with Gasteiger partial charge >= 0.3 is 12.3 Å². The maximum atomic E-state index is 15.3. The molecule has 1 aromatic heterocycles. The number of sulfonamides is 2. The Hall–Kier alpha value is -7.58. The van der Waals surface area contributed by atoms with Gasteiger partial charge in [-0.05, 0) is 102 Å². The van der Waals surface area contributed by atoms with Gasteiger partial charge in [-0.1, -0.05) is 43.3 Å².